The predicted molar refractivity (Wildman–Crippen MR) is 107 cm³/mol. The second kappa shape index (κ2) is 10.9. The van der Waals surface area contributed by atoms with Gasteiger partial charge in [0.2, 0.25) is 0 Å². The predicted octanol–water partition coefficient (Wildman–Crippen LogP) is 7.49. The number of allylic oxidation sites excluding steroid dienone is 8. The van der Waals surface area contributed by atoms with Gasteiger partial charge in [0.05, 0.1) is 0 Å². The largest absolute Gasteiger partial charge is 2.00 e. The van der Waals surface area contributed by atoms with Crippen molar-refractivity contribution in [1.29, 1.82) is 0 Å². The van der Waals surface area contributed by atoms with Crippen molar-refractivity contribution in [2.45, 2.75) is 81.1 Å². The first-order chi connectivity index (χ1) is 11.0. The van der Waals surface area contributed by atoms with E-state index in [1.54, 1.807) is 0 Å². The summed E-state index contributed by atoms with van der Waals surface area (Å²) in [6.45, 7) is 18.4. The molecular formula is C24H38Zr. The fourth-order valence-corrected chi connectivity index (χ4v) is 4.00. The van der Waals surface area contributed by atoms with E-state index in [9.17, 15) is 0 Å². The van der Waals surface area contributed by atoms with Gasteiger partial charge in [0.1, 0.15) is 0 Å². The summed E-state index contributed by atoms with van der Waals surface area (Å²) < 4.78 is 0. The minimum Gasteiger partial charge on any atom is -0.269 e. The molecule has 0 aliphatic heterocycles. The zero-order valence-electron chi connectivity index (χ0n) is 17.8. The van der Waals surface area contributed by atoms with Crippen LogP contribution in [0.2, 0.25) is 0 Å². The van der Waals surface area contributed by atoms with E-state index < -0.39 is 0 Å². The summed E-state index contributed by atoms with van der Waals surface area (Å²) in [4.78, 5) is 0. The van der Waals surface area contributed by atoms with Crippen molar-refractivity contribution in [3.05, 3.63) is 47.6 Å². The molecule has 2 aliphatic carbocycles. The minimum atomic E-state index is 0. The van der Waals surface area contributed by atoms with Gasteiger partial charge >= 0.3 is 26.2 Å². The molecule has 1 heteroatoms. The zero-order valence-corrected chi connectivity index (χ0v) is 20.3. The van der Waals surface area contributed by atoms with Crippen LogP contribution in [0.3, 0.4) is 0 Å². The Morgan fingerprint density at radius 2 is 1.08 bits per heavy atom. The molecule has 0 N–H and O–H groups in total. The summed E-state index contributed by atoms with van der Waals surface area (Å²) in [6, 6.07) is 0. The Balaban J connectivity index is 0.000000443. The van der Waals surface area contributed by atoms with Gasteiger partial charge in [-0.3, -0.25) is 12.2 Å². The molecule has 138 valence electrons. The van der Waals surface area contributed by atoms with E-state index in [0.29, 0.717) is 10.8 Å². The molecule has 0 aromatic heterocycles. The van der Waals surface area contributed by atoms with Crippen LogP contribution in [0.15, 0.2) is 35.5 Å². The van der Waals surface area contributed by atoms with Crippen molar-refractivity contribution in [3.8, 4) is 0 Å². The second-order valence-corrected chi connectivity index (χ2v) is 9.36. The van der Waals surface area contributed by atoms with Crippen molar-refractivity contribution >= 4 is 0 Å². The Morgan fingerprint density at radius 1 is 0.760 bits per heavy atom. The molecule has 0 aromatic carbocycles. The first-order valence-electron chi connectivity index (χ1n) is 9.60. The molecule has 25 heavy (non-hydrogen) atoms. The molecule has 0 nitrogen and oxygen atoms in total. The summed E-state index contributed by atoms with van der Waals surface area (Å²) in [5.41, 5.74) is 3.44. The van der Waals surface area contributed by atoms with Crippen LogP contribution in [-0.4, -0.2) is 0 Å². The number of hydrogen-bond donors (Lipinski definition) is 0. The first kappa shape index (κ1) is 24.8. The number of hydrogen-bond acceptors (Lipinski definition) is 0. The standard InChI is InChI=1S/2C12H19.Zr/c2*1-10(2)9-12(3,4)11-7-5-6-8-11;/h2*5,7,10H,6,9H2,1-4H3;/q2*-1;+2. The number of rotatable bonds is 6. The molecule has 0 amide bonds. The molecule has 0 fully saturated rings. The SMILES string of the molecule is CC(C)CC(C)(C)C1=[C-]CC=C1.CC(C)CC(C)(C)C1=[C-]CC=C1.[Zr+2]. The molecule has 0 saturated heterocycles. The maximum atomic E-state index is 3.41. The van der Waals surface area contributed by atoms with E-state index in [0.717, 1.165) is 24.7 Å². The Hall–Kier alpha value is -0.157. The molecule has 2 aliphatic rings. The van der Waals surface area contributed by atoms with Crippen molar-refractivity contribution in [2.75, 3.05) is 0 Å². The van der Waals surface area contributed by atoms with Gasteiger partial charge in [0.15, 0.2) is 0 Å². The van der Waals surface area contributed by atoms with Gasteiger partial charge in [-0.2, -0.15) is 12.2 Å². The van der Waals surface area contributed by atoms with Crippen molar-refractivity contribution in [1.82, 2.24) is 0 Å². The van der Waals surface area contributed by atoms with Crippen LogP contribution >= 0.6 is 0 Å². The summed E-state index contributed by atoms with van der Waals surface area (Å²) in [6.07, 6.45) is 20.2. The normalized spacial score (nSPS) is 16.6. The maximum Gasteiger partial charge on any atom is 2.00 e. The van der Waals surface area contributed by atoms with Gasteiger partial charge in [-0.05, 0) is 35.5 Å². The maximum absolute atomic E-state index is 3.41. The van der Waals surface area contributed by atoms with E-state index in [1.165, 1.54) is 24.0 Å². The molecular weight excluding hydrogens is 379 g/mol. The van der Waals surface area contributed by atoms with E-state index in [-0.39, 0.29) is 26.2 Å². The van der Waals surface area contributed by atoms with E-state index in [2.05, 4.69) is 91.8 Å². The average Bonchev–Trinajstić information content (AvgIpc) is 3.11. The van der Waals surface area contributed by atoms with E-state index in [1.807, 2.05) is 0 Å². The smallest absolute Gasteiger partial charge is 0.269 e. The molecule has 0 atom stereocenters. The van der Waals surface area contributed by atoms with Gasteiger partial charge in [-0.25, -0.2) is 23.3 Å². The van der Waals surface area contributed by atoms with Crippen LogP contribution in [0, 0.1) is 34.8 Å². The third-order valence-electron chi connectivity index (χ3n) is 4.69. The fourth-order valence-electron chi connectivity index (χ4n) is 4.00. The van der Waals surface area contributed by atoms with Gasteiger partial charge in [0.25, 0.3) is 0 Å². The Morgan fingerprint density at radius 3 is 1.28 bits per heavy atom. The molecule has 0 unspecified atom stereocenters. The molecule has 0 spiro atoms. The average molecular weight is 418 g/mol. The first-order valence-corrected chi connectivity index (χ1v) is 9.60. The molecule has 0 aromatic rings. The molecule has 0 radical (unpaired) electrons. The third-order valence-corrected chi connectivity index (χ3v) is 4.69. The van der Waals surface area contributed by atoms with Gasteiger partial charge in [0, 0.05) is 0 Å². The fraction of sp³-hybridized carbons (Fsp3) is 0.667. The topological polar surface area (TPSA) is 0 Å². The molecule has 0 bridgehead atoms. The van der Waals surface area contributed by atoms with E-state index >= 15 is 0 Å². The van der Waals surface area contributed by atoms with Crippen LogP contribution < -0.4 is 0 Å². The second-order valence-electron chi connectivity index (χ2n) is 9.36. The molecule has 2 rings (SSSR count). The third kappa shape index (κ3) is 8.85. The minimum absolute atomic E-state index is 0. The summed E-state index contributed by atoms with van der Waals surface area (Å²) in [7, 11) is 0. The molecule has 0 saturated carbocycles. The zero-order chi connectivity index (χ0) is 18.4. The Kier molecular flexibility index (Phi) is 10.8. The van der Waals surface area contributed by atoms with Crippen LogP contribution in [0.4, 0.5) is 0 Å². The van der Waals surface area contributed by atoms with Gasteiger partial charge in [-0.15, -0.1) is 12.8 Å². The van der Waals surface area contributed by atoms with Gasteiger partial charge in [-0.1, -0.05) is 55.4 Å². The van der Waals surface area contributed by atoms with E-state index in [4.69, 9.17) is 0 Å². The summed E-state index contributed by atoms with van der Waals surface area (Å²) in [5, 5.41) is 0. The van der Waals surface area contributed by atoms with Crippen LogP contribution in [0.1, 0.15) is 81.1 Å². The molecule has 0 heterocycles. The van der Waals surface area contributed by atoms with Crippen LogP contribution in [0.5, 0.6) is 0 Å². The van der Waals surface area contributed by atoms with Crippen LogP contribution in [0.25, 0.3) is 0 Å². The Labute approximate surface area is 177 Å². The monoisotopic (exact) mass is 416 g/mol. The summed E-state index contributed by atoms with van der Waals surface area (Å²) >= 11 is 0. The van der Waals surface area contributed by atoms with Crippen molar-refractivity contribution in [3.63, 3.8) is 0 Å². The van der Waals surface area contributed by atoms with Crippen molar-refractivity contribution in [2.24, 2.45) is 22.7 Å². The summed E-state index contributed by atoms with van der Waals surface area (Å²) in [5.74, 6) is 1.53. The van der Waals surface area contributed by atoms with Crippen LogP contribution in [-0.2, 0) is 26.2 Å². The Bertz CT molecular complexity index is 462. The quantitative estimate of drug-likeness (QED) is 0.393. The van der Waals surface area contributed by atoms with Gasteiger partial charge < -0.3 is 0 Å². The van der Waals surface area contributed by atoms with Crippen molar-refractivity contribution < 1.29 is 26.2 Å².